The molecule has 1 heterocycles. The molecule has 2 nitrogen and oxygen atoms in total. The van der Waals surface area contributed by atoms with Gasteiger partial charge in [-0.15, -0.1) is 0 Å². The molecule has 0 bridgehead atoms. The highest BCUT2D eigenvalue weighted by Crippen LogP contribution is 2.32. The molecule has 1 unspecified atom stereocenters. The maximum absolute atomic E-state index is 4.10. The first-order valence-electron chi connectivity index (χ1n) is 5.85. The summed E-state index contributed by atoms with van der Waals surface area (Å²) in [6, 6.07) is 0. The van der Waals surface area contributed by atoms with Gasteiger partial charge in [0.1, 0.15) is 0 Å². The van der Waals surface area contributed by atoms with Crippen molar-refractivity contribution in [2.24, 2.45) is 17.3 Å². The Morgan fingerprint density at radius 2 is 1.93 bits per heavy atom. The fourth-order valence-corrected chi connectivity index (χ4v) is 1.92. The lowest BCUT2D eigenvalue weighted by Crippen LogP contribution is -2.26. The largest absolute Gasteiger partial charge is 0.337 e. The Bertz CT molecular complexity index is 267. The third kappa shape index (κ3) is 4.06. The van der Waals surface area contributed by atoms with Crippen LogP contribution in [0, 0.1) is 17.3 Å². The van der Waals surface area contributed by atoms with E-state index in [0.717, 1.165) is 12.5 Å². The van der Waals surface area contributed by atoms with Crippen molar-refractivity contribution in [2.45, 2.75) is 47.6 Å². The Labute approximate surface area is 93.7 Å². The van der Waals surface area contributed by atoms with E-state index < -0.39 is 0 Å². The van der Waals surface area contributed by atoms with Crippen LogP contribution in [0.5, 0.6) is 0 Å². The van der Waals surface area contributed by atoms with Gasteiger partial charge in [-0.05, 0) is 23.7 Å². The van der Waals surface area contributed by atoms with Crippen LogP contribution < -0.4 is 0 Å². The maximum Gasteiger partial charge on any atom is 0.0946 e. The standard InChI is InChI=1S/C13H24N2/c1-11(2)8-12(13(3,4)5)9-15-7-6-14-10-15/h6-7,10-12H,8-9H2,1-5H3. The molecule has 86 valence electrons. The number of imidazole rings is 1. The summed E-state index contributed by atoms with van der Waals surface area (Å²) in [5.41, 5.74) is 0.370. The molecule has 0 amide bonds. The maximum atomic E-state index is 4.10. The summed E-state index contributed by atoms with van der Waals surface area (Å²) in [7, 11) is 0. The van der Waals surface area contributed by atoms with Gasteiger partial charge >= 0.3 is 0 Å². The minimum absolute atomic E-state index is 0.370. The van der Waals surface area contributed by atoms with Crippen LogP contribution in [-0.2, 0) is 6.54 Å². The molecule has 1 aromatic rings. The van der Waals surface area contributed by atoms with Gasteiger partial charge in [0.25, 0.3) is 0 Å². The molecule has 0 saturated heterocycles. The second kappa shape index (κ2) is 4.82. The van der Waals surface area contributed by atoms with Crippen LogP contribution in [0.2, 0.25) is 0 Å². The minimum Gasteiger partial charge on any atom is -0.337 e. The predicted octanol–water partition coefficient (Wildman–Crippen LogP) is 3.59. The van der Waals surface area contributed by atoms with Crippen LogP contribution in [0.4, 0.5) is 0 Å². The molecule has 0 aliphatic heterocycles. The Hall–Kier alpha value is -0.790. The summed E-state index contributed by atoms with van der Waals surface area (Å²) >= 11 is 0. The molecule has 0 N–H and O–H groups in total. The first-order valence-corrected chi connectivity index (χ1v) is 5.85. The third-order valence-corrected chi connectivity index (χ3v) is 2.97. The Kier molecular flexibility index (Phi) is 3.95. The third-order valence-electron chi connectivity index (χ3n) is 2.97. The number of nitrogens with zero attached hydrogens (tertiary/aromatic N) is 2. The average molecular weight is 208 g/mol. The van der Waals surface area contributed by atoms with Crippen molar-refractivity contribution in [3.8, 4) is 0 Å². The van der Waals surface area contributed by atoms with Crippen molar-refractivity contribution in [1.82, 2.24) is 9.55 Å². The van der Waals surface area contributed by atoms with Gasteiger partial charge in [0, 0.05) is 18.9 Å². The lowest BCUT2D eigenvalue weighted by atomic mass is 9.76. The van der Waals surface area contributed by atoms with Crippen molar-refractivity contribution < 1.29 is 0 Å². The number of hydrogen-bond donors (Lipinski definition) is 0. The normalized spacial score (nSPS) is 14.5. The summed E-state index contributed by atoms with van der Waals surface area (Å²) in [5.74, 6) is 1.48. The first-order chi connectivity index (χ1) is 6.89. The Balaban J connectivity index is 2.65. The lowest BCUT2D eigenvalue weighted by Gasteiger charge is -2.32. The average Bonchev–Trinajstić information content (AvgIpc) is 2.53. The smallest absolute Gasteiger partial charge is 0.0946 e. The molecule has 0 fully saturated rings. The highest BCUT2D eigenvalue weighted by molar-refractivity contribution is 4.80. The van der Waals surface area contributed by atoms with Gasteiger partial charge in [0.05, 0.1) is 6.33 Å². The molecule has 15 heavy (non-hydrogen) atoms. The second-order valence-electron chi connectivity index (χ2n) is 5.95. The quantitative estimate of drug-likeness (QED) is 0.739. The molecule has 2 heteroatoms. The molecule has 0 radical (unpaired) electrons. The highest BCUT2D eigenvalue weighted by atomic mass is 15.0. The van der Waals surface area contributed by atoms with Gasteiger partial charge < -0.3 is 4.57 Å². The van der Waals surface area contributed by atoms with E-state index in [1.54, 1.807) is 0 Å². The summed E-state index contributed by atoms with van der Waals surface area (Å²) in [5, 5.41) is 0. The van der Waals surface area contributed by atoms with E-state index >= 15 is 0 Å². The van der Waals surface area contributed by atoms with E-state index in [-0.39, 0.29) is 0 Å². The van der Waals surface area contributed by atoms with Gasteiger partial charge in [0.15, 0.2) is 0 Å². The van der Waals surface area contributed by atoms with Gasteiger partial charge in [0.2, 0.25) is 0 Å². The summed E-state index contributed by atoms with van der Waals surface area (Å²) in [6.07, 6.45) is 7.11. The first kappa shape index (κ1) is 12.3. The molecular weight excluding hydrogens is 184 g/mol. The fourth-order valence-electron chi connectivity index (χ4n) is 1.92. The molecule has 1 atom stereocenters. The molecule has 1 rings (SSSR count). The minimum atomic E-state index is 0.370. The van der Waals surface area contributed by atoms with Crippen LogP contribution in [0.3, 0.4) is 0 Å². The number of aromatic nitrogens is 2. The SMILES string of the molecule is CC(C)CC(Cn1ccnc1)C(C)(C)C. The molecule has 0 aliphatic carbocycles. The Morgan fingerprint density at radius 3 is 2.33 bits per heavy atom. The van der Waals surface area contributed by atoms with Gasteiger partial charge in [-0.1, -0.05) is 34.6 Å². The van der Waals surface area contributed by atoms with E-state index in [1.165, 1.54) is 6.42 Å². The molecular formula is C13H24N2. The van der Waals surface area contributed by atoms with Gasteiger partial charge in [-0.25, -0.2) is 4.98 Å². The summed E-state index contributed by atoms with van der Waals surface area (Å²) in [4.78, 5) is 4.10. The molecule has 0 aliphatic rings. The molecule has 1 aromatic heterocycles. The van der Waals surface area contributed by atoms with Crippen LogP contribution in [0.25, 0.3) is 0 Å². The highest BCUT2D eigenvalue weighted by Gasteiger charge is 2.25. The molecule has 0 saturated carbocycles. The van der Waals surface area contributed by atoms with Gasteiger partial charge in [-0.2, -0.15) is 0 Å². The summed E-state index contributed by atoms with van der Waals surface area (Å²) < 4.78 is 2.19. The fraction of sp³-hybridized carbons (Fsp3) is 0.769. The van der Waals surface area contributed by atoms with Gasteiger partial charge in [-0.3, -0.25) is 0 Å². The van der Waals surface area contributed by atoms with Crippen molar-refractivity contribution >= 4 is 0 Å². The van der Waals surface area contributed by atoms with E-state index in [4.69, 9.17) is 0 Å². The molecule has 0 spiro atoms. The van der Waals surface area contributed by atoms with E-state index in [2.05, 4.69) is 50.4 Å². The van der Waals surface area contributed by atoms with Crippen LogP contribution in [-0.4, -0.2) is 9.55 Å². The second-order valence-corrected chi connectivity index (χ2v) is 5.95. The topological polar surface area (TPSA) is 17.8 Å². The van der Waals surface area contributed by atoms with Crippen LogP contribution in [0.15, 0.2) is 18.7 Å². The monoisotopic (exact) mass is 208 g/mol. The van der Waals surface area contributed by atoms with Crippen molar-refractivity contribution in [3.05, 3.63) is 18.7 Å². The van der Waals surface area contributed by atoms with Crippen molar-refractivity contribution in [1.29, 1.82) is 0 Å². The predicted molar refractivity (Wildman–Crippen MR) is 64.6 cm³/mol. The zero-order chi connectivity index (χ0) is 11.5. The lowest BCUT2D eigenvalue weighted by molar-refractivity contribution is 0.179. The number of hydrogen-bond acceptors (Lipinski definition) is 1. The van der Waals surface area contributed by atoms with E-state index in [9.17, 15) is 0 Å². The van der Waals surface area contributed by atoms with E-state index in [1.807, 2.05) is 12.5 Å². The molecule has 0 aromatic carbocycles. The summed E-state index contributed by atoms with van der Waals surface area (Å²) in [6.45, 7) is 12.7. The Morgan fingerprint density at radius 1 is 1.27 bits per heavy atom. The van der Waals surface area contributed by atoms with Crippen molar-refractivity contribution in [2.75, 3.05) is 0 Å². The zero-order valence-corrected chi connectivity index (χ0v) is 10.7. The van der Waals surface area contributed by atoms with Crippen LogP contribution in [0.1, 0.15) is 41.0 Å². The number of rotatable bonds is 4. The van der Waals surface area contributed by atoms with E-state index in [0.29, 0.717) is 11.3 Å². The van der Waals surface area contributed by atoms with Crippen LogP contribution >= 0.6 is 0 Å². The van der Waals surface area contributed by atoms with Crippen molar-refractivity contribution in [3.63, 3.8) is 0 Å². The zero-order valence-electron chi connectivity index (χ0n) is 10.7.